The number of hydrogen-bond donors (Lipinski definition) is 1. The summed E-state index contributed by atoms with van der Waals surface area (Å²) < 4.78 is 89.5. The van der Waals surface area contributed by atoms with E-state index in [1.165, 1.54) is 26.0 Å². The number of halogens is 3. The van der Waals surface area contributed by atoms with Crippen LogP contribution in [0.15, 0.2) is 58.3 Å². The Kier molecular flexibility index (Phi) is 5.99. The number of nitrogens with one attached hydrogen (secondary N) is 1. The molecule has 154 valence electrons. The Labute approximate surface area is 162 Å². The molecule has 10 heteroatoms. The average molecular weight is 435 g/mol. The van der Waals surface area contributed by atoms with Gasteiger partial charge < -0.3 is 0 Å². The monoisotopic (exact) mass is 435 g/mol. The van der Waals surface area contributed by atoms with E-state index in [1.807, 2.05) is 0 Å². The number of aryl methyl sites for hydroxylation is 1. The van der Waals surface area contributed by atoms with Gasteiger partial charge >= 0.3 is 6.18 Å². The second kappa shape index (κ2) is 7.49. The molecule has 0 heterocycles. The molecule has 1 N–H and O–H groups in total. The summed E-state index contributed by atoms with van der Waals surface area (Å²) in [5.74, 6) is 0. The van der Waals surface area contributed by atoms with Gasteiger partial charge in [0.1, 0.15) is 0 Å². The standard InChI is InChI=1S/C18H20F3NO4S2/c1-13-6-4-8-15(10-13)27(23,24)17(2,3)12-22-28(25,26)16-9-5-7-14(11-16)18(19,20)21/h4-11,22H,12H2,1-3H3. The highest BCUT2D eigenvalue weighted by Gasteiger charge is 2.37. The third kappa shape index (κ3) is 4.73. The highest BCUT2D eigenvalue weighted by atomic mass is 32.2. The first kappa shape index (κ1) is 22.4. The number of rotatable bonds is 6. The fourth-order valence-electron chi connectivity index (χ4n) is 2.39. The van der Waals surface area contributed by atoms with Crippen LogP contribution in [-0.4, -0.2) is 28.1 Å². The molecule has 0 saturated heterocycles. The van der Waals surface area contributed by atoms with E-state index < -0.39 is 47.8 Å². The summed E-state index contributed by atoms with van der Waals surface area (Å²) in [6.07, 6.45) is -4.70. The molecule has 5 nitrogen and oxygen atoms in total. The highest BCUT2D eigenvalue weighted by molar-refractivity contribution is 7.93. The molecule has 0 atom stereocenters. The van der Waals surface area contributed by atoms with E-state index in [9.17, 15) is 30.0 Å². The molecular weight excluding hydrogens is 415 g/mol. The minimum Gasteiger partial charge on any atom is -0.223 e. The van der Waals surface area contributed by atoms with Gasteiger partial charge in [-0.1, -0.05) is 18.2 Å². The zero-order chi connectivity index (χ0) is 21.4. The van der Waals surface area contributed by atoms with Crippen molar-refractivity contribution in [2.45, 2.75) is 41.5 Å². The SMILES string of the molecule is Cc1cccc(S(=O)(=O)C(C)(C)CNS(=O)(=O)c2cccc(C(F)(F)F)c2)c1. The molecule has 0 spiro atoms. The Morgan fingerprint density at radius 3 is 2.04 bits per heavy atom. The van der Waals surface area contributed by atoms with Gasteiger partial charge in [-0.3, -0.25) is 0 Å². The van der Waals surface area contributed by atoms with E-state index in [2.05, 4.69) is 4.72 Å². The topological polar surface area (TPSA) is 80.3 Å². The zero-order valence-corrected chi connectivity index (χ0v) is 17.0. The number of hydrogen-bond acceptors (Lipinski definition) is 4. The molecule has 2 aromatic carbocycles. The molecule has 0 aliphatic heterocycles. The van der Waals surface area contributed by atoms with Crippen LogP contribution in [0.5, 0.6) is 0 Å². The maximum absolute atomic E-state index is 12.9. The van der Waals surface area contributed by atoms with Gasteiger partial charge in [0.15, 0.2) is 9.84 Å². The number of benzene rings is 2. The molecule has 0 aliphatic rings. The van der Waals surface area contributed by atoms with E-state index >= 15 is 0 Å². The van der Waals surface area contributed by atoms with E-state index in [0.717, 1.165) is 23.8 Å². The van der Waals surface area contributed by atoms with Crippen molar-refractivity contribution in [1.29, 1.82) is 0 Å². The predicted molar refractivity (Wildman–Crippen MR) is 99.1 cm³/mol. The Bertz CT molecular complexity index is 1080. The van der Waals surface area contributed by atoms with Crippen molar-refractivity contribution >= 4 is 19.9 Å². The molecule has 0 radical (unpaired) electrons. The Hall–Kier alpha value is -1.91. The Balaban J connectivity index is 2.28. The van der Waals surface area contributed by atoms with E-state index in [-0.39, 0.29) is 4.90 Å². The average Bonchev–Trinajstić information content (AvgIpc) is 2.59. The van der Waals surface area contributed by atoms with Gasteiger partial charge in [0.25, 0.3) is 0 Å². The van der Waals surface area contributed by atoms with Crippen molar-refractivity contribution in [3.63, 3.8) is 0 Å². The molecule has 0 unspecified atom stereocenters. The van der Waals surface area contributed by atoms with Gasteiger partial charge in [0.2, 0.25) is 10.0 Å². The zero-order valence-electron chi connectivity index (χ0n) is 15.4. The van der Waals surface area contributed by atoms with Crippen molar-refractivity contribution in [1.82, 2.24) is 4.72 Å². The first-order valence-electron chi connectivity index (χ1n) is 8.15. The van der Waals surface area contributed by atoms with Crippen LogP contribution in [0.3, 0.4) is 0 Å². The van der Waals surface area contributed by atoms with Crippen molar-refractivity contribution in [2.24, 2.45) is 0 Å². The van der Waals surface area contributed by atoms with Crippen LogP contribution in [0.4, 0.5) is 13.2 Å². The summed E-state index contributed by atoms with van der Waals surface area (Å²) in [6, 6.07) is 9.43. The van der Waals surface area contributed by atoms with Crippen LogP contribution in [0.2, 0.25) is 0 Å². The third-order valence-corrected chi connectivity index (χ3v) is 8.06. The second-order valence-corrected chi connectivity index (χ2v) is 11.3. The summed E-state index contributed by atoms with van der Waals surface area (Å²) in [6.45, 7) is 3.91. The lowest BCUT2D eigenvalue weighted by Gasteiger charge is -2.25. The van der Waals surface area contributed by atoms with Gasteiger partial charge in [-0.25, -0.2) is 21.6 Å². The molecule has 28 heavy (non-hydrogen) atoms. The summed E-state index contributed by atoms with van der Waals surface area (Å²) >= 11 is 0. The maximum Gasteiger partial charge on any atom is 0.416 e. The van der Waals surface area contributed by atoms with E-state index in [4.69, 9.17) is 0 Å². The normalized spacial score (nSPS) is 13.5. The van der Waals surface area contributed by atoms with Crippen LogP contribution < -0.4 is 4.72 Å². The summed E-state index contributed by atoms with van der Waals surface area (Å²) in [5.41, 5.74) is -0.386. The van der Waals surface area contributed by atoms with Gasteiger partial charge in [0.05, 0.1) is 20.1 Å². The number of sulfone groups is 1. The summed E-state index contributed by atoms with van der Waals surface area (Å²) in [5, 5.41) is 0. The lowest BCUT2D eigenvalue weighted by molar-refractivity contribution is -0.137. The first-order valence-corrected chi connectivity index (χ1v) is 11.1. The van der Waals surface area contributed by atoms with Gasteiger partial charge in [-0.2, -0.15) is 13.2 Å². The number of alkyl halides is 3. The van der Waals surface area contributed by atoms with Crippen LogP contribution in [0.25, 0.3) is 0 Å². The minimum atomic E-state index is -4.70. The number of sulfonamides is 1. The van der Waals surface area contributed by atoms with Crippen molar-refractivity contribution in [3.05, 3.63) is 59.7 Å². The highest BCUT2D eigenvalue weighted by Crippen LogP contribution is 2.31. The third-order valence-electron chi connectivity index (χ3n) is 4.19. The maximum atomic E-state index is 12.9. The smallest absolute Gasteiger partial charge is 0.223 e. The van der Waals surface area contributed by atoms with E-state index in [1.54, 1.807) is 19.1 Å². The van der Waals surface area contributed by atoms with Gasteiger partial charge in [-0.05, 0) is 56.7 Å². The Morgan fingerprint density at radius 2 is 1.46 bits per heavy atom. The van der Waals surface area contributed by atoms with Gasteiger partial charge in [-0.15, -0.1) is 0 Å². The largest absolute Gasteiger partial charge is 0.416 e. The molecule has 2 rings (SSSR count). The van der Waals surface area contributed by atoms with Gasteiger partial charge in [0, 0.05) is 6.54 Å². The summed E-state index contributed by atoms with van der Waals surface area (Å²) in [4.78, 5) is -0.554. The summed E-state index contributed by atoms with van der Waals surface area (Å²) in [7, 11) is -8.25. The molecule has 0 bridgehead atoms. The second-order valence-electron chi connectivity index (χ2n) is 6.93. The minimum absolute atomic E-state index is 0.0377. The molecular formula is C18H20F3NO4S2. The van der Waals surface area contributed by atoms with Crippen molar-refractivity contribution < 1.29 is 30.0 Å². The first-order chi connectivity index (χ1) is 12.7. The molecule has 0 aliphatic carbocycles. The molecule has 0 aromatic heterocycles. The van der Waals surface area contributed by atoms with Crippen LogP contribution in [-0.2, 0) is 26.0 Å². The van der Waals surface area contributed by atoms with Crippen molar-refractivity contribution in [2.75, 3.05) is 6.54 Å². The van der Waals surface area contributed by atoms with Crippen LogP contribution in [0.1, 0.15) is 25.0 Å². The molecule has 2 aromatic rings. The lowest BCUT2D eigenvalue weighted by atomic mass is 10.2. The van der Waals surface area contributed by atoms with E-state index in [0.29, 0.717) is 6.07 Å². The predicted octanol–water partition coefficient (Wildman–Crippen LogP) is 3.54. The van der Waals surface area contributed by atoms with Crippen LogP contribution >= 0.6 is 0 Å². The fourth-order valence-corrected chi connectivity index (χ4v) is 5.24. The molecule has 0 fully saturated rings. The molecule has 0 saturated carbocycles. The van der Waals surface area contributed by atoms with Crippen LogP contribution in [0, 0.1) is 6.92 Å². The van der Waals surface area contributed by atoms with Crippen molar-refractivity contribution in [3.8, 4) is 0 Å². The lowest BCUT2D eigenvalue weighted by Crippen LogP contribution is -2.44. The quantitative estimate of drug-likeness (QED) is 0.753. The fraction of sp³-hybridized carbons (Fsp3) is 0.333. The molecule has 0 amide bonds. The Morgan fingerprint density at radius 1 is 0.893 bits per heavy atom.